The normalized spacial score (nSPS) is 14.0. The first-order valence-corrected chi connectivity index (χ1v) is 7.17. The van der Waals surface area contributed by atoms with E-state index in [4.69, 9.17) is 4.42 Å². The van der Waals surface area contributed by atoms with E-state index in [0.29, 0.717) is 10.7 Å². The van der Waals surface area contributed by atoms with Gasteiger partial charge in [0.15, 0.2) is 0 Å². The largest absolute Gasteiger partial charge is 0.463 e. The van der Waals surface area contributed by atoms with E-state index in [1.165, 1.54) is 18.0 Å². The summed E-state index contributed by atoms with van der Waals surface area (Å²) in [5.74, 6) is 0.336. The van der Waals surface area contributed by atoms with Gasteiger partial charge in [0.05, 0.1) is 23.1 Å². The average molecular weight is 299 g/mol. The Balaban J connectivity index is 1.70. The van der Waals surface area contributed by atoms with Crippen molar-refractivity contribution in [1.29, 1.82) is 0 Å². The van der Waals surface area contributed by atoms with Gasteiger partial charge in [0, 0.05) is 10.6 Å². The summed E-state index contributed by atoms with van der Waals surface area (Å²) in [5.41, 5.74) is 4.32. The fourth-order valence-electron chi connectivity index (χ4n) is 1.89. The number of carbonyl (C=O) groups is 1. The zero-order chi connectivity index (χ0) is 14.7. The monoisotopic (exact) mass is 299 g/mol. The number of thioether (sulfide) groups is 1. The minimum absolute atomic E-state index is 0.248. The van der Waals surface area contributed by atoms with Crippen molar-refractivity contribution in [3.05, 3.63) is 59.0 Å². The Morgan fingerprint density at radius 1 is 1.33 bits per heavy atom. The topological polar surface area (TPSA) is 66.6 Å². The van der Waals surface area contributed by atoms with E-state index >= 15 is 0 Å². The molecule has 0 radical (unpaired) electrons. The number of rotatable bonds is 3. The molecule has 6 heteroatoms. The van der Waals surface area contributed by atoms with Crippen molar-refractivity contribution in [3.63, 3.8) is 0 Å². The van der Waals surface area contributed by atoms with E-state index in [1.54, 1.807) is 18.4 Å². The number of furan rings is 1. The van der Waals surface area contributed by atoms with Crippen LogP contribution in [0.2, 0.25) is 0 Å². The number of nitrogens with zero attached hydrogens (tertiary/aromatic N) is 1. The molecule has 0 spiro atoms. The molecule has 2 N–H and O–H groups in total. The second kappa shape index (κ2) is 5.88. The average Bonchev–Trinajstić information content (AvgIpc) is 2.99. The Kier molecular flexibility index (Phi) is 3.79. The third-order valence-corrected chi connectivity index (χ3v) is 4.14. The lowest BCUT2D eigenvalue weighted by molar-refractivity contribution is -0.116. The summed E-state index contributed by atoms with van der Waals surface area (Å²) in [6.07, 6.45) is 3.01. The van der Waals surface area contributed by atoms with Gasteiger partial charge in [0.1, 0.15) is 5.76 Å². The summed E-state index contributed by atoms with van der Waals surface area (Å²) in [7, 11) is 0. The zero-order valence-corrected chi connectivity index (χ0v) is 12.1. The van der Waals surface area contributed by atoms with Gasteiger partial charge in [-0.1, -0.05) is 23.9 Å². The molecule has 3 rings (SSSR count). The zero-order valence-electron chi connectivity index (χ0n) is 11.3. The summed E-state index contributed by atoms with van der Waals surface area (Å²) in [6.45, 7) is 1.87. The van der Waals surface area contributed by atoms with E-state index in [1.807, 2.05) is 31.2 Å². The van der Waals surface area contributed by atoms with Crippen LogP contribution in [0.15, 0.2) is 67.7 Å². The first-order valence-electron chi connectivity index (χ1n) is 6.36. The molecule has 2 heterocycles. The third-order valence-electron chi connectivity index (χ3n) is 2.87. The predicted octanol–water partition coefficient (Wildman–Crippen LogP) is 3.18. The van der Waals surface area contributed by atoms with Gasteiger partial charge in [-0.2, -0.15) is 5.10 Å². The molecule has 1 amide bonds. The van der Waals surface area contributed by atoms with Gasteiger partial charge >= 0.3 is 0 Å². The molecule has 0 aliphatic carbocycles. The number of hydrogen-bond donors (Lipinski definition) is 2. The minimum Gasteiger partial charge on any atom is -0.463 e. The van der Waals surface area contributed by atoms with Gasteiger partial charge in [-0.25, -0.2) is 5.43 Å². The Morgan fingerprint density at radius 3 is 3.00 bits per heavy atom. The Bertz CT molecular complexity index is 720. The van der Waals surface area contributed by atoms with Gasteiger partial charge in [0.2, 0.25) is 0 Å². The standard InChI is InChI=1S/C15H13N3O2S/c1-10-14(21-13-7-3-2-6-12(13)17-10)15(19)18-16-9-11-5-4-8-20-11/h2-9,17H,1H3,(H,18,19)/b16-9+. The minimum atomic E-state index is -0.248. The molecule has 5 nitrogen and oxygen atoms in total. The molecule has 0 fully saturated rings. The molecule has 0 atom stereocenters. The van der Waals surface area contributed by atoms with E-state index in [0.717, 1.165) is 16.3 Å². The van der Waals surface area contributed by atoms with Crippen LogP contribution in [0.5, 0.6) is 0 Å². The maximum Gasteiger partial charge on any atom is 0.279 e. The van der Waals surface area contributed by atoms with Crippen LogP contribution in [0.4, 0.5) is 5.69 Å². The Labute approximate surface area is 126 Å². The number of carbonyl (C=O) groups excluding carboxylic acids is 1. The maximum atomic E-state index is 12.2. The van der Waals surface area contributed by atoms with Crippen LogP contribution in [0.3, 0.4) is 0 Å². The summed E-state index contributed by atoms with van der Waals surface area (Å²) < 4.78 is 5.10. The number of nitrogens with one attached hydrogen (secondary N) is 2. The lowest BCUT2D eigenvalue weighted by Crippen LogP contribution is -2.22. The van der Waals surface area contributed by atoms with Gasteiger partial charge in [-0.05, 0) is 31.2 Å². The van der Waals surface area contributed by atoms with Crippen molar-refractivity contribution in [2.24, 2.45) is 5.10 Å². The van der Waals surface area contributed by atoms with Crippen molar-refractivity contribution in [2.45, 2.75) is 11.8 Å². The van der Waals surface area contributed by atoms with Crippen molar-refractivity contribution < 1.29 is 9.21 Å². The molecule has 0 saturated carbocycles. The maximum absolute atomic E-state index is 12.2. The van der Waals surface area contributed by atoms with E-state index < -0.39 is 0 Å². The molecule has 1 aliphatic heterocycles. The fourth-order valence-corrected chi connectivity index (χ4v) is 2.83. The smallest absolute Gasteiger partial charge is 0.279 e. The fraction of sp³-hybridized carbons (Fsp3) is 0.0667. The van der Waals surface area contributed by atoms with Crippen LogP contribution in [0.1, 0.15) is 12.7 Å². The highest BCUT2D eigenvalue weighted by molar-refractivity contribution is 8.04. The number of hydrazone groups is 1. The second-order valence-corrected chi connectivity index (χ2v) is 5.44. The van der Waals surface area contributed by atoms with Gasteiger partial charge < -0.3 is 9.73 Å². The first kappa shape index (κ1) is 13.5. The molecular weight excluding hydrogens is 286 g/mol. The highest BCUT2D eigenvalue weighted by Gasteiger charge is 2.20. The van der Waals surface area contributed by atoms with Crippen LogP contribution in [0, 0.1) is 0 Å². The van der Waals surface area contributed by atoms with Gasteiger partial charge in [0.25, 0.3) is 5.91 Å². The lowest BCUT2D eigenvalue weighted by Gasteiger charge is -2.20. The summed E-state index contributed by atoms with van der Waals surface area (Å²) >= 11 is 1.43. The molecule has 1 aliphatic rings. The number of benzene rings is 1. The van der Waals surface area contributed by atoms with Crippen molar-refractivity contribution in [1.82, 2.24) is 5.43 Å². The Morgan fingerprint density at radius 2 is 2.19 bits per heavy atom. The van der Waals surface area contributed by atoms with Crippen LogP contribution in [-0.4, -0.2) is 12.1 Å². The highest BCUT2D eigenvalue weighted by Crippen LogP contribution is 2.39. The quantitative estimate of drug-likeness (QED) is 0.675. The predicted molar refractivity (Wildman–Crippen MR) is 83.1 cm³/mol. The highest BCUT2D eigenvalue weighted by atomic mass is 32.2. The van der Waals surface area contributed by atoms with E-state index in [-0.39, 0.29) is 5.91 Å². The van der Waals surface area contributed by atoms with Crippen molar-refractivity contribution in [3.8, 4) is 0 Å². The van der Waals surface area contributed by atoms with Crippen LogP contribution in [-0.2, 0) is 4.79 Å². The van der Waals surface area contributed by atoms with E-state index in [2.05, 4.69) is 15.8 Å². The summed E-state index contributed by atoms with van der Waals surface area (Å²) in [4.78, 5) is 13.8. The number of para-hydroxylation sites is 1. The molecule has 2 aromatic rings. The SMILES string of the molecule is CC1=C(C(=O)N/N=C/c2ccco2)Sc2ccccc2N1. The third kappa shape index (κ3) is 3.00. The van der Waals surface area contributed by atoms with Crippen LogP contribution < -0.4 is 10.7 Å². The lowest BCUT2D eigenvalue weighted by atomic mass is 10.3. The molecule has 1 aromatic carbocycles. The van der Waals surface area contributed by atoms with E-state index in [9.17, 15) is 4.79 Å². The van der Waals surface area contributed by atoms with Crippen molar-refractivity contribution in [2.75, 3.05) is 5.32 Å². The van der Waals surface area contributed by atoms with Crippen molar-refractivity contribution >= 4 is 29.6 Å². The molecule has 0 unspecified atom stereocenters. The first-order chi connectivity index (χ1) is 10.2. The van der Waals surface area contributed by atoms with Gasteiger partial charge in [-0.15, -0.1) is 0 Å². The molecule has 0 bridgehead atoms. The molecule has 0 saturated heterocycles. The Hall–Kier alpha value is -2.47. The number of anilines is 1. The summed E-state index contributed by atoms with van der Waals surface area (Å²) in [6, 6.07) is 11.4. The molecule has 1 aromatic heterocycles. The number of fused-ring (bicyclic) bond motifs is 1. The summed E-state index contributed by atoms with van der Waals surface area (Å²) in [5, 5.41) is 7.11. The number of amides is 1. The molecular formula is C15H13N3O2S. The number of allylic oxidation sites excluding steroid dienone is 1. The second-order valence-electron chi connectivity index (χ2n) is 4.39. The van der Waals surface area contributed by atoms with Crippen LogP contribution in [0.25, 0.3) is 0 Å². The van der Waals surface area contributed by atoms with Crippen LogP contribution >= 0.6 is 11.8 Å². The number of hydrogen-bond acceptors (Lipinski definition) is 5. The molecule has 106 valence electrons. The van der Waals surface area contributed by atoms with Gasteiger partial charge in [-0.3, -0.25) is 4.79 Å². The molecule has 21 heavy (non-hydrogen) atoms.